The van der Waals surface area contributed by atoms with E-state index in [-0.39, 0.29) is 12.5 Å². The number of hydrogen-bond acceptors (Lipinski definition) is 6. The number of nitrogens with one attached hydrogen (secondary N) is 6. The van der Waals surface area contributed by atoms with Crippen LogP contribution in [0.5, 0.6) is 0 Å². The molecule has 14 nitrogen and oxygen atoms in total. The Balaban J connectivity index is 0.864. The lowest BCUT2D eigenvalue weighted by molar-refractivity contribution is -0.727. The zero-order chi connectivity index (χ0) is 40.5. The van der Waals surface area contributed by atoms with E-state index in [2.05, 4.69) is 43.9 Å². The molecule has 6 aromatic rings. The van der Waals surface area contributed by atoms with Crippen molar-refractivity contribution in [3.05, 3.63) is 147 Å². The van der Waals surface area contributed by atoms with Gasteiger partial charge < -0.3 is 10.1 Å². The van der Waals surface area contributed by atoms with E-state index in [1.54, 1.807) is 53.1 Å². The molecule has 58 heavy (non-hydrogen) atoms. The topological polar surface area (TPSA) is 150 Å². The molecule has 6 N–H and O–H groups in total. The monoisotopic (exact) mass is 773 g/mol. The zero-order valence-electron chi connectivity index (χ0n) is 31.3. The predicted octanol–water partition coefficient (Wildman–Crippen LogP) is 1.08. The summed E-state index contributed by atoms with van der Waals surface area (Å²) in [6, 6.07) is 29.6. The number of rotatable bonds is 15. The highest BCUT2D eigenvalue weighted by Crippen LogP contribution is 2.17. The molecule has 4 aromatic heterocycles. The summed E-state index contributed by atoms with van der Waals surface area (Å²) in [5, 5.41) is 2.85. The van der Waals surface area contributed by atoms with E-state index >= 15 is 0 Å². The van der Waals surface area contributed by atoms with E-state index in [9.17, 15) is 14.4 Å². The van der Waals surface area contributed by atoms with Crippen LogP contribution in [0.3, 0.4) is 0 Å². The summed E-state index contributed by atoms with van der Waals surface area (Å²) in [6.07, 6.45) is 27.5. The molecule has 6 rings (SSSR count). The number of anilines is 3. The molecule has 14 heteroatoms. The van der Waals surface area contributed by atoms with Crippen LogP contribution < -0.4 is 50.3 Å². The molecule has 0 aliphatic heterocycles. The summed E-state index contributed by atoms with van der Waals surface area (Å²) in [6.45, 7) is 1.46. The van der Waals surface area contributed by atoms with Crippen molar-refractivity contribution in [3.63, 3.8) is 0 Å². The third kappa shape index (κ3) is 11.6. The normalized spacial score (nSPS) is 10.4. The quantitative estimate of drug-likeness (QED) is 0.0230. The Labute approximate surface area is 335 Å². The third-order valence-electron chi connectivity index (χ3n) is 8.54. The van der Waals surface area contributed by atoms with Crippen LogP contribution in [-0.4, -0.2) is 24.1 Å². The second kappa shape index (κ2) is 19.8. The lowest BCUT2D eigenvalue weighted by Gasteiger charge is -2.11. The average molecular weight is 774 g/mol. The molecule has 0 bridgehead atoms. The maximum atomic E-state index is 12.7. The molecule has 0 aliphatic rings. The van der Waals surface area contributed by atoms with Crippen LogP contribution in [-0.2, 0) is 45.5 Å². The van der Waals surface area contributed by atoms with Crippen molar-refractivity contribution >= 4 is 46.9 Å². The number of terminal acetylenes is 2. The molecule has 4 heterocycles. The van der Waals surface area contributed by atoms with E-state index in [1.807, 2.05) is 112 Å². The molecular formula is C44H41N10O4+5. The smallest absolute Gasteiger partial charge is 0.332 e. The molecule has 0 atom stereocenters. The van der Waals surface area contributed by atoms with Crippen LogP contribution in [0, 0.1) is 24.7 Å². The average Bonchev–Trinajstić information content (AvgIpc) is 3.25. The van der Waals surface area contributed by atoms with Crippen molar-refractivity contribution in [2.24, 2.45) is 0 Å². The first-order valence-corrected chi connectivity index (χ1v) is 18.0. The first kappa shape index (κ1) is 39.3. The summed E-state index contributed by atoms with van der Waals surface area (Å²) in [4.78, 5) is 40.4. The number of aromatic nitrogens is 4. The Morgan fingerprint density at radius 2 is 0.948 bits per heavy atom. The molecular weight excluding hydrogens is 733 g/mol. The molecule has 286 valence electrons. The van der Waals surface area contributed by atoms with E-state index in [1.165, 1.54) is 6.40 Å². The number of ether oxygens (including phenoxy) is 1. The van der Waals surface area contributed by atoms with Crippen LogP contribution in [0.15, 0.2) is 147 Å². The van der Waals surface area contributed by atoms with Gasteiger partial charge in [0.2, 0.25) is 25.3 Å². The number of carbonyl (C=O) groups excluding carboxylic acids is 3. The molecule has 0 saturated heterocycles. The number of carbonyl (C=O) groups is 3. The van der Waals surface area contributed by atoms with Crippen molar-refractivity contribution in [1.82, 2.24) is 10.9 Å². The number of amides is 3. The summed E-state index contributed by atoms with van der Waals surface area (Å²) in [5.74, 6) is 3.18. The number of pyridine rings is 4. The van der Waals surface area contributed by atoms with Gasteiger partial charge in [0.05, 0.1) is 11.4 Å². The maximum Gasteiger partial charge on any atom is 0.332 e. The third-order valence-corrected chi connectivity index (χ3v) is 8.54. The minimum absolute atomic E-state index is 0.118. The van der Waals surface area contributed by atoms with Crippen LogP contribution in [0.25, 0.3) is 22.3 Å². The Morgan fingerprint density at radius 1 is 0.552 bits per heavy atom. The molecule has 0 radical (unpaired) electrons. The molecule has 2 aromatic carbocycles. The molecule has 3 amide bonds. The maximum absolute atomic E-state index is 12.7. The summed E-state index contributed by atoms with van der Waals surface area (Å²) < 4.78 is 13.2. The van der Waals surface area contributed by atoms with E-state index in [0.717, 1.165) is 27.9 Å². The Kier molecular flexibility index (Phi) is 13.4. The molecule has 0 spiro atoms. The SMILES string of the molecule is C#CC[n+]1ccc(-c2cc[n+](COC=[NH+]c3ccc(NNC(=O)C(=O)NNc4ccc(NC(=O)C[n+]5ccc(-c6cc[n+](CC#C)cc6)cc5)cc4)cc3)cc2)cc1. The van der Waals surface area contributed by atoms with Gasteiger partial charge in [0, 0.05) is 66.4 Å². The second-order valence-electron chi connectivity index (χ2n) is 12.7. The predicted molar refractivity (Wildman–Crippen MR) is 215 cm³/mol. The number of hydrogen-bond donors (Lipinski definition) is 6. The molecule has 0 saturated carbocycles. The fourth-order valence-corrected chi connectivity index (χ4v) is 5.47. The highest BCUT2D eigenvalue weighted by atomic mass is 16.5. The second-order valence-corrected chi connectivity index (χ2v) is 12.7. The molecule has 0 fully saturated rings. The largest absolute Gasteiger partial charge is 0.389 e. The van der Waals surface area contributed by atoms with Crippen molar-refractivity contribution in [1.29, 1.82) is 0 Å². The number of nitrogens with zero attached hydrogens (tertiary/aromatic N) is 4. The Bertz CT molecular complexity index is 2440. The first-order chi connectivity index (χ1) is 28.3. The van der Waals surface area contributed by atoms with Gasteiger partial charge >= 0.3 is 18.2 Å². The van der Waals surface area contributed by atoms with Crippen molar-refractivity contribution in [2.75, 3.05) is 16.2 Å². The van der Waals surface area contributed by atoms with Crippen LogP contribution in [0.4, 0.5) is 22.7 Å². The van der Waals surface area contributed by atoms with Gasteiger partial charge in [0.1, 0.15) is 0 Å². The van der Waals surface area contributed by atoms with Crippen LogP contribution in [0.2, 0.25) is 0 Å². The summed E-state index contributed by atoms with van der Waals surface area (Å²) >= 11 is 0. The lowest BCUT2D eigenvalue weighted by Crippen LogP contribution is -2.62. The first-order valence-electron chi connectivity index (χ1n) is 18.0. The van der Waals surface area contributed by atoms with Crippen LogP contribution in [0.1, 0.15) is 0 Å². The van der Waals surface area contributed by atoms with Crippen molar-refractivity contribution in [3.8, 4) is 46.9 Å². The summed E-state index contributed by atoms with van der Waals surface area (Å²) in [7, 11) is 0. The molecule has 0 unspecified atom stereocenters. The van der Waals surface area contributed by atoms with Gasteiger partial charge in [-0.1, -0.05) is 0 Å². The van der Waals surface area contributed by atoms with Gasteiger partial charge in [-0.2, -0.15) is 23.3 Å². The highest BCUT2D eigenvalue weighted by Gasteiger charge is 2.14. The number of hydrazine groups is 2. The minimum Gasteiger partial charge on any atom is -0.389 e. The van der Waals surface area contributed by atoms with Gasteiger partial charge in [0.25, 0.3) is 12.6 Å². The minimum atomic E-state index is -0.917. The Morgan fingerprint density at radius 3 is 1.40 bits per heavy atom. The summed E-state index contributed by atoms with van der Waals surface area (Å²) in [5.41, 5.74) is 16.7. The van der Waals surface area contributed by atoms with Gasteiger partial charge in [-0.05, 0) is 70.5 Å². The fraction of sp³-hybridized carbons (Fsp3) is 0.0909. The van der Waals surface area contributed by atoms with Crippen molar-refractivity contribution in [2.45, 2.75) is 26.4 Å². The van der Waals surface area contributed by atoms with Crippen LogP contribution >= 0.6 is 0 Å². The van der Waals surface area contributed by atoms with E-state index in [0.29, 0.717) is 36.9 Å². The zero-order valence-corrected chi connectivity index (χ0v) is 31.3. The fourth-order valence-electron chi connectivity index (χ4n) is 5.47. The molecule has 0 aliphatic carbocycles. The van der Waals surface area contributed by atoms with E-state index < -0.39 is 11.8 Å². The number of benzene rings is 2. The van der Waals surface area contributed by atoms with Gasteiger partial charge in [0.15, 0.2) is 49.6 Å². The van der Waals surface area contributed by atoms with Gasteiger partial charge in [-0.3, -0.25) is 36.1 Å². The Hall–Kier alpha value is -8.36. The van der Waals surface area contributed by atoms with Gasteiger partial charge in [-0.15, -0.1) is 12.8 Å². The van der Waals surface area contributed by atoms with E-state index in [4.69, 9.17) is 17.6 Å². The van der Waals surface area contributed by atoms with Gasteiger partial charge in [-0.25, -0.2) is 0 Å². The highest BCUT2D eigenvalue weighted by molar-refractivity contribution is 6.35. The standard InChI is InChI=1S/C44H36N10O4/c1-3-21-51-23-13-34(14-24-51)36-17-27-53(28-18-36)31-42(55)46-39-7-11-41(12-8-39)48-50-44(57)43(56)49-47-40-9-5-38(6-10-40)45-32-58-33-54-29-19-37(20-30-54)35-15-25-52(22-4-2)26-16-35/h1-2,5-20,23-30,32H,21-22,31,33H2,(H,46,50,55,57)/p+5. The van der Waals surface area contributed by atoms with Crippen molar-refractivity contribution < 1.29 is 42.4 Å². The lowest BCUT2D eigenvalue weighted by atomic mass is 10.1.